The van der Waals surface area contributed by atoms with Crippen LogP contribution in [0.4, 0.5) is 0 Å². The molecular formula is C73H77N9O7. The second-order valence-electron chi connectivity index (χ2n) is 22.2. The van der Waals surface area contributed by atoms with Crippen LogP contribution in [-0.2, 0) is 9.59 Å². The number of benzene rings is 3. The van der Waals surface area contributed by atoms with Crippen molar-refractivity contribution in [3.8, 4) is 22.3 Å². The van der Waals surface area contributed by atoms with Crippen LogP contribution in [-0.4, -0.2) is 111 Å². The lowest BCUT2D eigenvalue weighted by molar-refractivity contribution is -0.132. The normalized spacial score (nSPS) is 13.3. The van der Waals surface area contributed by atoms with Gasteiger partial charge in [-0.2, -0.15) is 0 Å². The summed E-state index contributed by atoms with van der Waals surface area (Å²) in [6, 6.07) is 31.8. The van der Waals surface area contributed by atoms with Crippen LogP contribution >= 0.6 is 0 Å². The van der Waals surface area contributed by atoms with E-state index in [2.05, 4.69) is 68.6 Å². The number of rotatable bonds is 22. The van der Waals surface area contributed by atoms with Crippen molar-refractivity contribution in [3.63, 3.8) is 0 Å². The number of aromatic carboxylic acids is 2. The first-order valence-electron chi connectivity index (χ1n) is 30.9. The number of aromatic nitrogens is 7. The van der Waals surface area contributed by atoms with E-state index in [1.165, 1.54) is 0 Å². The average molecular weight is 1190 g/mol. The second-order valence-corrected chi connectivity index (χ2v) is 22.2. The minimum atomic E-state index is -0.949. The van der Waals surface area contributed by atoms with E-state index in [0.717, 1.165) is 157 Å². The summed E-state index contributed by atoms with van der Waals surface area (Å²) in [6.45, 7) is 11.7. The Kier molecular flexibility index (Phi) is 22.1. The number of fused-ring (bicyclic) bond motifs is 5. The number of pyridine rings is 4. The zero-order chi connectivity index (χ0) is 62.7. The zero-order valence-corrected chi connectivity index (χ0v) is 51.0. The highest BCUT2D eigenvalue weighted by Crippen LogP contribution is 2.37. The van der Waals surface area contributed by atoms with E-state index < -0.39 is 11.9 Å². The van der Waals surface area contributed by atoms with Gasteiger partial charge in [0.2, 0.25) is 11.8 Å². The number of ketones is 1. The summed E-state index contributed by atoms with van der Waals surface area (Å²) < 4.78 is 0. The Balaban J connectivity index is 0.000000156. The number of carbonyl (C=O) groups excluding carboxylic acids is 3. The molecule has 2 atom stereocenters. The number of carboxylic acids is 2. The highest BCUT2D eigenvalue weighted by Gasteiger charge is 2.32. The average Bonchev–Trinajstić information content (AvgIpc) is 3.01. The van der Waals surface area contributed by atoms with Crippen molar-refractivity contribution in [1.29, 1.82) is 0 Å². The quantitative estimate of drug-likeness (QED) is 0.0316. The molecule has 0 spiro atoms. The van der Waals surface area contributed by atoms with Crippen LogP contribution in [0.25, 0.3) is 67.4 Å². The monoisotopic (exact) mass is 1190 g/mol. The lowest BCUT2D eigenvalue weighted by atomic mass is 9.92. The van der Waals surface area contributed by atoms with E-state index in [0.29, 0.717) is 27.9 Å². The van der Waals surface area contributed by atoms with Crippen LogP contribution < -0.4 is 0 Å². The van der Waals surface area contributed by atoms with Gasteiger partial charge in [0, 0.05) is 137 Å². The SMILES string of the molecule is CCCCCN(CCCC)C(=O)C1C=Cc2c(C(=O)O)cccc21.CCCCCN(CCCC)C(=O)C1C=Cc2c(C(=O)c3c[nH]c4ncc(-c5cccnc5)cc34)cccc21.O=C(O)c1cccc2[nH]ccc12.c1cncc(-c2cnc3[nH]ccc3c2)c1. The summed E-state index contributed by atoms with van der Waals surface area (Å²) in [6.07, 6.45) is 34.3. The van der Waals surface area contributed by atoms with E-state index in [4.69, 9.17) is 5.11 Å². The number of carboxylic acid groups (broad SMARTS) is 2. The van der Waals surface area contributed by atoms with Crippen LogP contribution in [0.5, 0.6) is 0 Å². The highest BCUT2D eigenvalue weighted by molar-refractivity contribution is 6.18. The van der Waals surface area contributed by atoms with Crippen molar-refractivity contribution >= 4 is 74.7 Å². The number of hydrogen-bond donors (Lipinski definition) is 5. The molecule has 7 aromatic heterocycles. The predicted molar refractivity (Wildman–Crippen MR) is 353 cm³/mol. The summed E-state index contributed by atoms with van der Waals surface area (Å²) in [5, 5.41) is 20.7. The Labute approximate surface area is 518 Å². The summed E-state index contributed by atoms with van der Waals surface area (Å²) >= 11 is 0. The van der Waals surface area contributed by atoms with E-state index in [9.17, 15) is 29.1 Å². The molecule has 2 aliphatic rings. The first kappa shape index (κ1) is 63.4. The van der Waals surface area contributed by atoms with Crippen LogP contribution in [0.15, 0.2) is 171 Å². The minimum absolute atomic E-state index is 0.0817. The molecule has 16 heteroatoms. The van der Waals surface area contributed by atoms with Gasteiger partial charge in [-0.1, -0.05) is 139 Å². The lowest BCUT2D eigenvalue weighted by Gasteiger charge is -2.26. The van der Waals surface area contributed by atoms with Crippen molar-refractivity contribution < 1.29 is 34.2 Å². The number of nitrogens with zero attached hydrogens (tertiary/aromatic N) is 6. The van der Waals surface area contributed by atoms with Gasteiger partial charge < -0.3 is 35.0 Å². The van der Waals surface area contributed by atoms with Crippen LogP contribution in [0.3, 0.4) is 0 Å². The summed E-state index contributed by atoms with van der Waals surface area (Å²) in [5.74, 6) is -2.39. The van der Waals surface area contributed by atoms with Crippen molar-refractivity contribution in [2.75, 3.05) is 26.2 Å². The van der Waals surface area contributed by atoms with Crippen LogP contribution in [0.2, 0.25) is 0 Å². The second kappa shape index (κ2) is 31.0. The molecule has 89 heavy (non-hydrogen) atoms. The molecule has 5 N–H and O–H groups in total. The molecule has 0 saturated carbocycles. The molecule has 0 aliphatic heterocycles. The highest BCUT2D eigenvalue weighted by atomic mass is 16.4. The summed E-state index contributed by atoms with van der Waals surface area (Å²) in [4.78, 5) is 92.9. The lowest BCUT2D eigenvalue weighted by Crippen LogP contribution is -2.36. The number of carbonyl (C=O) groups is 5. The number of aromatic amines is 3. The van der Waals surface area contributed by atoms with Gasteiger partial charge in [0.05, 0.1) is 23.0 Å². The maximum Gasteiger partial charge on any atom is 0.336 e. The Bertz CT molecular complexity index is 4110. The molecule has 0 saturated heterocycles. The largest absolute Gasteiger partial charge is 0.478 e. The molecule has 16 nitrogen and oxygen atoms in total. The van der Waals surface area contributed by atoms with E-state index in [1.54, 1.807) is 73.6 Å². The maximum absolute atomic E-state index is 13.9. The standard InChI is InChI=1S/C32H34N4O2.C20H27NO3.C12H9N3.C9H7NO2/c1-3-5-7-17-36(16-6-4-2)32(38)27-14-13-25-24(27)11-8-12-26(25)30(37)29-21-35-31-28(29)18-23(20-34-31)22-10-9-15-33-19-22;1-3-5-7-14-21(13-6-4-2)19(22)17-12-11-16-15(17)9-8-10-18(16)20(23)24;1-2-10(7-13-4-1)11-6-9-3-5-14-12(9)15-8-11;11-9(12)7-2-1-3-8-6(7)4-5-10-8/h8-15,18-21,27H,3-7,16-17H2,1-2H3,(H,34,35);8-12,17H,3-7,13-14H2,1-2H3,(H,23,24);1-8H,(H,14,15);1-5,10H,(H,11,12). The van der Waals surface area contributed by atoms with E-state index in [-0.39, 0.29) is 35.0 Å². The zero-order valence-electron chi connectivity index (χ0n) is 51.0. The number of amides is 2. The fraction of sp³-hybridized carbons (Fsp3) is 0.274. The Morgan fingerprint density at radius 3 is 1.55 bits per heavy atom. The molecule has 0 bridgehead atoms. The molecule has 3 aromatic carbocycles. The fourth-order valence-electron chi connectivity index (χ4n) is 11.3. The van der Waals surface area contributed by atoms with Gasteiger partial charge in [0.25, 0.3) is 0 Å². The van der Waals surface area contributed by atoms with Crippen molar-refractivity contribution in [3.05, 3.63) is 216 Å². The summed E-state index contributed by atoms with van der Waals surface area (Å²) in [5.41, 5.74) is 11.5. The van der Waals surface area contributed by atoms with Gasteiger partial charge in [-0.05, 0) is 103 Å². The minimum Gasteiger partial charge on any atom is -0.478 e. The van der Waals surface area contributed by atoms with Crippen LogP contribution in [0.1, 0.15) is 163 Å². The molecule has 2 unspecified atom stereocenters. The van der Waals surface area contributed by atoms with Gasteiger partial charge in [-0.25, -0.2) is 19.6 Å². The van der Waals surface area contributed by atoms with Gasteiger partial charge in [0.1, 0.15) is 11.3 Å². The molecule has 2 amide bonds. The number of nitrogens with one attached hydrogen (secondary N) is 3. The molecule has 2 aliphatic carbocycles. The summed E-state index contributed by atoms with van der Waals surface area (Å²) in [7, 11) is 0. The molecule has 12 rings (SSSR count). The molecule has 10 aromatic rings. The molecule has 7 heterocycles. The third kappa shape index (κ3) is 15.4. The molecular weight excluding hydrogens is 1110 g/mol. The van der Waals surface area contributed by atoms with Gasteiger partial charge >= 0.3 is 11.9 Å². The van der Waals surface area contributed by atoms with E-state index >= 15 is 0 Å². The van der Waals surface area contributed by atoms with Crippen molar-refractivity contribution in [2.45, 2.75) is 104 Å². The first-order valence-corrected chi connectivity index (χ1v) is 30.9. The Hall–Kier alpha value is -10.1. The number of unbranched alkanes of at least 4 members (excludes halogenated alkanes) is 6. The third-order valence-electron chi connectivity index (χ3n) is 16.1. The maximum atomic E-state index is 13.9. The van der Waals surface area contributed by atoms with Gasteiger partial charge in [-0.3, -0.25) is 24.4 Å². The van der Waals surface area contributed by atoms with E-state index in [1.807, 2.05) is 113 Å². The smallest absolute Gasteiger partial charge is 0.336 e. The van der Waals surface area contributed by atoms with Crippen molar-refractivity contribution in [1.82, 2.24) is 44.7 Å². The third-order valence-corrected chi connectivity index (χ3v) is 16.1. The fourth-order valence-corrected chi connectivity index (χ4v) is 11.3. The molecule has 0 fully saturated rings. The van der Waals surface area contributed by atoms with Crippen molar-refractivity contribution in [2.24, 2.45) is 0 Å². The molecule has 0 radical (unpaired) electrons. The molecule has 456 valence electrons. The number of hydrogen-bond acceptors (Lipinski definition) is 9. The Morgan fingerprint density at radius 1 is 0.472 bits per heavy atom. The topological polar surface area (TPSA) is 231 Å². The van der Waals surface area contributed by atoms with Crippen LogP contribution in [0, 0.1) is 0 Å². The Morgan fingerprint density at radius 2 is 0.989 bits per heavy atom. The number of H-pyrrole nitrogens is 3. The van der Waals surface area contributed by atoms with Gasteiger partial charge in [-0.15, -0.1) is 0 Å². The first-order chi connectivity index (χ1) is 43.4. The van der Waals surface area contributed by atoms with Gasteiger partial charge in [0.15, 0.2) is 5.78 Å². The predicted octanol–water partition coefficient (Wildman–Crippen LogP) is 15.6.